The number of fused-ring (bicyclic) bond motifs is 1. The fraction of sp³-hybridized carbons (Fsp3) is 0.300. The van der Waals surface area contributed by atoms with Gasteiger partial charge >= 0.3 is 5.91 Å². The third kappa shape index (κ3) is 3.46. The molecule has 0 unspecified atom stereocenters. The van der Waals surface area contributed by atoms with Gasteiger partial charge in [-0.3, -0.25) is 19.4 Å². The lowest BCUT2D eigenvalue weighted by Gasteiger charge is -2.24. The topological polar surface area (TPSA) is 40.6 Å². The van der Waals surface area contributed by atoms with Gasteiger partial charge in [0.15, 0.2) is 0 Å². The highest BCUT2D eigenvalue weighted by molar-refractivity contribution is 6.52. The molecular weight excluding hydrogens is 319 g/mol. The number of halogens is 1. The van der Waals surface area contributed by atoms with Crippen LogP contribution < -0.4 is 4.90 Å². The molecule has 0 radical (unpaired) electrons. The highest BCUT2D eigenvalue weighted by atomic mass is 19.1. The van der Waals surface area contributed by atoms with Gasteiger partial charge in [-0.2, -0.15) is 0 Å². The number of hydrogen-bond acceptors (Lipinski definition) is 3. The molecule has 1 aliphatic rings. The van der Waals surface area contributed by atoms with Crippen molar-refractivity contribution < 1.29 is 14.0 Å². The first-order chi connectivity index (χ1) is 11.9. The van der Waals surface area contributed by atoms with Crippen LogP contribution in [0.3, 0.4) is 0 Å². The Balaban J connectivity index is 1.78. The second kappa shape index (κ2) is 6.76. The lowest BCUT2D eigenvalue weighted by molar-refractivity contribution is -0.114. The third-order valence-electron chi connectivity index (χ3n) is 4.41. The van der Waals surface area contributed by atoms with Crippen molar-refractivity contribution in [3.63, 3.8) is 0 Å². The van der Waals surface area contributed by atoms with Gasteiger partial charge in [-0.25, -0.2) is 4.39 Å². The number of ketones is 1. The number of hydrogen-bond donors (Lipinski definition) is 0. The number of rotatable bonds is 5. The Bertz CT molecular complexity index is 815. The predicted molar refractivity (Wildman–Crippen MR) is 95.1 cm³/mol. The number of nitrogens with zero attached hydrogens (tertiary/aromatic N) is 2. The van der Waals surface area contributed by atoms with Gasteiger partial charge < -0.3 is 0 Å². The number of carbonyl (C=O) groups is 2. The molecule has 5 heteroatoms. The number of amides is 1. The maximum atomic E-state index is 13.0. The molecule has 2 aromatic rings. The second-order valence-electron chi connectivity index (χ2n) is 6.78. The van der Waals surface area contributed by atoms with E-state index in [2.05, 4.69) is 13.8 Å². The minimum absolute atomic E-state index is 0.276. The lowest BCUT2D eigenvalue weighted by atomic mass is 9.99. The summed E-state index contributed by atoms with van der Waals surface area (Å²) in [5.41, 5.74) is 3.12. The van der Waals surface area contributed by atoms with Crippen LogP contribution in [-0.4, -0.2) is 30.3 Å². The highest BCUT2D eigenvalue weighted by Gasteiger charge is 2.36. The van der Waals surface area contributed by atoms with Gasteiger partial charge in [0.25, 0.3) is 5.78 Å². The van der Waals surface area contributed by atoms with Crippen LogP contribution in [0.2, 0.25) is 0 Å². The minimum atomic E-state index is -0.498. The van der Waals surface area contributed by atoms with Gasteiger partial charge in [0.1, 0.15) is 5.82 Å². The zero-order chi connectivity index (χ0) is 18.1. The number of Topliss-reactive ketones (excluding diaryl/α,β-unsaturated/α-hetero) is 1. The van der Waals surface area contributed by atoms with E-state index in [0.717, 1.165) is 11.1 Å². The van der Waals surface area contributed by atoms with Gasteiger partial charge in [-0.1, -0.05) is 32.0 Å². The van der Waals surface area contributed by atoms with Gasteiger partial charge in [0, 0.05) is 6.54 Å². The molecule has 0 saturated carbocycles. The fourth-order valence-corrected chi connectivity index (χ4v) is 3.01. The van der Waals surface area contributed by atoms with Gasteiger partial charge in [-0.15, -0.1) is 0 Å². The van der Waals surface area contributed by atoms with Gasteiger partial charge in [-0.05, 0) is 48.4 Å². The van der Waals surface area contributed by atoms with Crippen molar-refractivity contribution in [1.29, 1.82) is 0 Å². The van der Waals surface area contributed by atoms with Crippen molar-refractivity contribution in [2.75, 3.05) is 18.6 Å². The molecule has 0 saturated heterocycles. The van der Waals surface area contributed by atoms with E-state index in [1.165, 1.54) is 17.0 Å². The van der Waals surface area contributed by atoms with Gasteiger partial charge in [0.05, 0.1) is 17.9 Å². The predicted octanol–water partition coefficient (Wildman–Crippen LogP) is 3.57. The zero-order valence-corrected chi connectivity index (χ0v) is 14.6. The van der Waals surface area contributed by atoms with Crippen LogP contribution in [0.4, 0.5) is 10.1 Å². The summed E-state index contributed by atoms with van der Waals surface area (Å²) >= 11 is 0. The third-order valence-corrected chi connectivity index (χ3v) is 4.41. The molecule has 0 N–H and O–H groups in total. The van der Waals surface area contributed by atoms with E-state index < -0.39 is 11.7 Å². The molecule has 130 valence electrons. The van der Waals surface area contributed by atoms with Crippen LogP contribution in [0, 0.1) is 5.82 Å². The van der Waals surface area contributed by atoms with E-state index in [1.807, 2.05) is 30.1 Å². The van der Waals surface area contributed by atoms with E-state index in [-0.39, 0.29) is 5.82 Å². The summed E-state index contributed by atoms with van der Waals surface area (Å²) in [4.78, 5) is 28.1. The fourth-order valence-electron chi connectivity index (χ4n) is 3.01. The Morgan fingerprint density at radius 3 is 2.40 bits per heavy atom. The van der Waals surface area contributed by atoms with Crippen molar-refractivity contribution >= 4 is 17.4 Å². The minimum Gasteiger partial charge on any atom is -0.291 e. The maximum absolute atomic E-state index is 13.0. The van der Waals surface area contributed by atoms with Crippen LogP contribution in [0.25, 0.3) is 0 Å². The molecular formula is C20H21FN2O2. The molecule has 1 heterocycles. The SMILES string of the molecule is CC(C)c1ccc2c(c1)C(=O)C(=O)N2CN(C)Cc1ccc(F)cc1. The van der Waals surface area contributed by atoms with Crippen LogP contribution in [0.1, 0.15) is 41.3 Å². The van der Waals surface area contributed by atoms with E-state index in [1.54, 1.807) is 12.1 Å². The average molecular weight is 340 g/mol. The van der Waals surface area contributed by atoms with Crippen molar-refractivity contribution in [3.05, 3.63) is 65.0 Å². The Morgan fingerprint density at radius 2 is 1.76 bits per heavy atom. The maximum Gasteiger partial charge on any atom is 0.300 e. The van der Waals surface area contributed by atoms with E-state index in [4.69, 9.17) is 0 Å². The average Bonchev–Trinajstić information content (AvgIpc) is 2.81. The summed E-state index contributed by atoms with van der Waals surface area (Å²) < 4.78 is 13.0. The molecule has 25 heavy (non-hydrogen) atoms. The highest BCUT2D eigenvalue weighted by Crippen LogP contribution is 2.31. The number of anilines is 1. The molecule has 1 aliphatic heterocycles. The molecule has 0 spiro atoms. The summed E-state index contributed by atoms with van der Waals surface area (Å²) in [7, 11) is 1.86. The first kappa shape index (κ1) is 17.3. The molecule has 4 nitrogen and oxygen atoms in total. The Labute approximate surface area is 146 Å². The molecule has 0 atom stereocenters. The zero-order valence-electron chi connectivity index (χ0n) is 14.6. The summed E-state index contributed by atoms with van der Waals surface area (Å²) in [6, 6.07) is 11.9. The van der Waals surface area contributed by atoms with Crippen LogP contribution in [0.15, 0.2) is 42.5 Å². The smallest absolute Gasteiger partial charge is 0.291 e. The Kier molecular flexibility index (Phi) is 4.68. The van der Waals surface area contributed by atoms with E-state index >= 15 is 0 Å². The monoisotopic (exact) mass is 340 g/mol. The largest absolute Gasteiger partial charge is 0.300 e. The quantitative estimate of drug-likeness (QED) is 0.781. The molecule has 2 aromatic carbocycles. The number of carbonyl (C=O) groups excluding carboxylic acids is 2. The molecule has 3 rings (SSSR count). The summed E-state index contributed by atoms with van der Waals surface area (Å²) in [5.74, 6) is -0.931. The Hall–Kier alpha value is -2.53. The van der Waals surface area contributed by atoms with Gasteiger partial charge in [0.2, 0.25) is 0 Å². The van der Waals surface area contributed by atoms with Crippen LogP contribution >= 0.6 is 0 Å². The standard InChI is InChI=1S/C20H21FN2O2/c1-13(2)15-6-9-18-17(10-15)19(24)20(25)23(18)12-22(3)11-14-4-7-16(21)8-5-14/h4-10,13H,11-12H2,1-3H3. The molecule has 0 aromatic heterocycles. The first-order valence-electron chi connectivity index (χ1n) is 8.30. The normalized spacial score (nSPS) is 13.9. The summed E-state index contributed by atoms with van der Waals surface area (Å²) in [5, 5.41) is 0. The molecule has 0 fully saturated rings. The lowest BCUT2D eigenvalue weighted by Crippen LogP contribution is -2.38. The van der Waals surface area contributed by atoms with Crippen molar-refractivity contribution in [2.24, 2.45) is 0 Å². The summed E-state index contributed by atoms with van der Waals surface area (Å²) in [6.45, 7) is 4.96. The Morgan fingerprint density at radius 1 is 1.08 bits per heavy atom. The summed E-state index contributed by atoms with van der Waals surface area (Å²) in [6.07, 6.45) is 0. The molecule has 0 bridgehead atoms. The number of benzene rings is 2. The molecule has 0 aliphatic carbocycles. The van der Waals surface area contributed by atoms with Crippen molar-refractivity contribution in [2.45, 2.75) is 26.3 Å². The van der Waals surface area contributed by atoms with Crippen molar-refractivity contribution in [1.82, 2.24) is 4.90 Å². The second-order valence-corrected chi connectivity index (χ2v) is 6.78. The molecule has 1 amide bonds. The van der Waals surface area contributed by atoms with Crippen LogP contribution in [0.5, 0.6) is 0 Å². The van der Waals surface area contributed by atoms with Crippen LogP contribution in [-0.2, 0) is 11.3 Å². The van der Waals surface area contributed by atoms with Crippen molar-refractivity contribution in [3.8, 4) is 0 Å². The first-order valence-corrected chi connectivity index (χ1v) is 8.30. The van der Waals surface area contributed by atoms with E-state index in [9.17, 15) is 14.0 Å². The van der Waals surface area contributed by atoms with E-state index in [0.29, 0.717) is 30.4 Å².